The van der Waals surface area contributed by atoms with Gasteiger partial charge in [0.05, 0.1) is 25.5 Å². The number of benzene rings is 1. The van der Waals surface area contributed by atoms with Gasteiger partial charge in [-0.25, -0.2) is 0 Å². The number of morpholine rings is 1. The first-order valence-corrected chi connectivity index (χ1v) is 7.78. The van der Waals surface area contributed by atoms with Crippen LogP contribution in [0.5, 0.6) is 5.75 Å². The third-order valence-corrected chi connectivity index (χ3v) is 3.52. The van der Waals surface area contributed by atoms with E-state index >= 15 is 0 Å². The monoisotopic (exact) mass is 293 g/mol. The lowest BCUT2D eigenvalue weighted by molar-refractivity contribution is 0.0368. The van der Waals surface area contributed by atoms with Crippen molar-refractivity contribution in [3.8, 4) is 5.75 Å². The molecule has 3 N–H and O–H groups in total. The Bertz CT molecular complexity index is 434. The summed E-state index contributed by atoms with van der Waals surface area (Å²) in [5.41, 5.74) is 7.68. The lowest BCUT2D eigenvalue weighted by atomic mass is 10.2. The van der Waals surface area contributed by atoms with E-state index in [9.17, 15) is 0 Å². The van der Waals surface area contributed by atoms with E-state index in [1.165, 1.54) is 0 Å². The first-order valence-electron chi connectivity index (χ1n) is 7.78. The number of ether oxygens (including phenoxy) is 2. The fourth-order valence-electron chi connectivity index (χ4n) is 2.46. The summed E-state index contributed by atoms with van der Waals surface area (Å²) in [5, 5.41) is 3.52. The van der Waals surface area contributed by atoms with Gasteiger partial charge in [-0.2, -0.15) is 0 Å². The number of nitrogens with two attached hydrogens (primary N) is 1. The maximum atomic E-state index is 5.94. The number of rotatable bonds is 7. The van der Waals surface area contributed by atoms with Crippen molar-refractivity contribution in [1.29, 1.82) is 0 Å². The highest BCUT2D eigenvalue weighted by molar-refractivity contribution is 5.61. The first kappa shape index (κ1) is 15.9. The van der Waals surface area contributed by atoms with E-state index in [1.807, 2.05) is 18.2 Å². The number of hydrogen-bond donors (Lipinski definition) is 2. The molecule has 0 aliphatic carbocycles. The average Bonchev–Trinajstić information content (AvgIpc) is 2.48. The Kier molecular flexibility index (Phi) is 6.14. The summed E-state index contributed by atoms with van der Waals surface area (Å²) in [6.07, 6.45) is 0.977. The van der Waals surface area contributed by atoms with Crippen LogP contribution in [0.1, 0.15) is 20.3 Å². The molecule has 0 saturated carbocycles. The molecule has 0 amide bonds. The van der Waals surface area contributed by atoms with E-state index in [0.29, 0.717) is 18.3 Å². The lowest BCUT2D eigenvalue weighted by Crippen LogP contribution is -2.42. The maximum Gasteiger partial charge on any atom is 0.144 e. The van der Waals surface area contributed by atoms with Crippen LogP contribution >= 0.6 is 0 Å². The number of anilines is 2. The van der Waals surface area contributed by atoms with Crippen LogP contribution in [0.3, 0.4) is 0 Å². The quantitative estimate of drug-likeness (QED) is 0.755. The van der Waals surface area contributed by atoms with Crippen molar-refractivity contribution in [2.45, 2.75) is 26.3 Å². The third kappa shape index (κ3) is 5.10. The van der Waals surface area contributed by atoms with Gasteiger partial charge in [0.1, 0.15) is 5.75 Å². The molecule has 1 aliphatic rings. The molecule has 1 fully saturated rings. The summed E-state index contributed by atoms with van der Waals surface area (Å²) in [6, 6.07) is 6.25. The third-order valence-electron chi connectivity index (χ3n) is 3.52. The van der Waals surface area contributed by atoms with Crippen molar-refractivity contribution in [1.82, 2.24) is 4.90 Å². The van der Waals surface area contributed by atoms with E-state index in [1.54, 1.807) is 0 Å². The van der Waals surface area contributed by atoms with Crippen LogP contribution in [-0.4, -0.2) is 50.4 Å². The minimum absolute atomic E-state index is 0.366. The van der Waals surface area contributed by atoms with Gasteiger partial charge >= 0.3 is 0 Å². The molecule has 1 aliphatic heterocycles. The van der Waals surface area contributed by atoms with Crippen LogP contribution in [0, 0.1) is 0 Å². The van der Waals surface area contributed by atoms with Crippen LogP contribution < -0.4 is 15.8 Å². The minimum atomic E-state index is 0.366. The molecule has 1 atom stereocenters. The van der Waals surface area contributed by atoms with Crippen molar-refractivity contribution in [3.05, 3.63) is 18.2 Å². The van der Waals surface area contributed by atoms with E-state index in [2.05, 4.69) is 24.1 Å². The molecule has 0 aromatic heterocycles. The van der Waals surface area contributed by atoms with Crippen LogP contribution in [-0.2, 0) is 4.74 Å². The molecule has 21 heavy (non-hydrogen) atoms. The van der Waals surface area contributed by atoms with Gasteiger partial charge in [0.15, 0.2) is 0 Å². The molecule has 1 heterocycles. The fraction of sp³-hybridized carbons (Fsp3) is 0.625. The first-order chi connectivity index (χ1) is 10.2. The van der Waals surface area contributed by atoms with Gasteiger partial charge in [0, 0.05) is 37.4 Å². The van der Waals surface area contributed by atoms with E-state index in [-0.39, 0.29) is 0 Å². The molecule has 1 unspecified atom stereocenters. The van der Waals surface area contributed by atoms with Crippen molar-refractivity contribution < 1.29 is 9.47 Å². The minimum Gasteiger partial charge on any atom is -0.491 e. The topological polar surface area (TPSA) is 59.8 Å². The van der Waals surface area contributed by atoms with Gasteiger partial charge in [-0.1, -0.05) is 6.92 Å². The Balaban J connectivity index is 1.88. The van der Waals surface area contributed by atoms with Gasteiger partial charge < -0.3 is 20.5 Å². The Hall–Kier alpha value is -1.46. The summed E-state index contributed by atoms with van der Waals surface area (Å²) in [6.45, 7) is 9.68. The smallest absolute Gasteiger partial charge is 0.144 e. The molecule has 5 nitrogen and oxygen atoms in total. The zero-order valence-electron chi connectivity index (χ0n) is 13.1. The summed E-state index contributed by atoms with van der Waals surface area (Å²) >= 11 is 0. The van der Waals surface area contributed by atoms with E-state index in [0.717, 1.165) is 50.7 Å². The summed E-state index contributed by atoms with van der Waals surface area (Å²) in [7, 11) is 0. The second-order valence-corrected chi connectivity index (χ2v) is 5.56. The molecule has 5 heteroatoms. The molecule has 0 radical (unpaired) electrons. The van der Waals surface area contributed by atoms with Crippen LogP contribution in [0.15, 0.2) is 18.2 Å². The van der Waals surface area contributed by atoms with Crippen molar-refractivity contribution in [2.75, 3.05) is 50.5 Å². The number of nitrogens with one attached hydrogen (secondary N) is 1. The molecular weight excluding hydrogens is 266 g/mol. The SMILES string of the molecule is CCCOc1cc(NC(C)CN2CCOCC2)ccc1N. The van der Waals surface area contributed by atoms with E-state index in [4.69, 9.17) is 15.2 Å². The van der Waals surface area contributed by atoms with Crippen molar-refractivity contribution >= 4 is 11.4 Å². The fourth-order valence-corrected chi connectivity index (χ4v) is 2.46. The van der Waals surface area contributed by atoms with Crippen LogP contribution in [0.2, 0.25) is 0 Å². The Morgan fingerprint density at radius 1 is 1.38 bits per heavy atom. The van der Waals surface area contributed by atoms with Crippen LogP contribution in [0.4, 0.5) is 11.4 Å². The van der Waals surface area contributed by atoms with E-state index < -0.39 is 0 Å². The van der Waals surface area contributed by atoms with Gasteiger partial charge in [0.25, 0.3) is 0 Å². The number of hydrogen-bond acceptors (Lipinski definition) is 5. The number of nitrogen functional groups attached to an aromatic ring is 1. The molecule has 1 saturated heterocycles. The standard InChI is InChI=1S/C16H27N3O2/c1-3-8-21-16-11-14(4-5-15(16)17)18-13(2)12-19-6-9-20-10-7-19/h4-5,11,13,18H,3,6-10,12,17H2,1-2H3. The van der Waals surface area contributed by atoms with Crippen LogP contribution in [0.25, 0.3) is 0 Å². The van der Waals surface area contributed by atoms with Gasteiger partial charge in [-0.3, -0.25) is 4.90 Å². The molecule has 1 aromatic rings. The largest absolute Gasteiger partial charge is 0.491 e. The zero-order valence-corrected chi connectivity index (χ0v) is 13.1. The number of nitrogens with zero attached hydrogens (tertiary/aromatic N) is 1. The second-order valence-electron chi connectivity index (χ2n) is 5.56. The molecule has 0 bridgehead atoms. The van der Waals surface area contributed by atoms with Gasteiger partial charge in [-0.15, -0.1) is 0 Å². The molecular formula is C16H27N3O2. The second kappa shape index (κ2) is 8.10. The van der Waals surface area contributed by atoms with Gasteiger partial charge in [0.2, 0.25) is 0 Å². The van der Waals surface area contributed by atoms with Crippen molar-refractivity contribution in [3.63, 3.8) is 0 Å². The maximum absolute atomic E-state index is 5.94. The summed E-state index contributed by atoms with van der Waals surface area (Å²) < 4.78 is 11.0. The molecule has 1 aromatic carbocycles. The zero-order chi connectivity index (χ0) is 15.1. The highest BCUT2D eigenvalue weighted by Gasteiger charge is 2.14. The normalized spacial score (nSPS) is 17.4. The summed E-state index contributed by atoms with van der Waals surface area (Å²) in [5.74, 6) is 0.764. The molecule has 0 spiro atoms. The van der Waals surface area contributed by atoms with Crippen molar-refractivity contribution in [2.24, 2.45) is 0 Å². The predicted octanol–water partition coefficient (Wildman–Crippen LogP) is 2.19. The Morgan fingerprint density at radius 3 is 2.86 bits per heavy atom. The molecule has 118 valence electrons. The average molecular weight is 293 g/mol. The lowest BCUT2D eigenvalue weighted by Gasteiger charge is -2.29. The Morgan fingerprint density at radius 2 is 2.14 bits per heavy atom. The van der Waals surface area contributed by atoms with Gasteiger partial charge in [-0.05, 0) is 25.5 Å². The predicted molar refractivity (Wildman–Crippen MR) is 87.0 cm³/mol. The molecule has 2 rings (SSSR count). The highest BCUT2D eigenvalue weighted by Crippen LogP contribution is 2.26. The highest BCUT2D eigenvalue weighted by atomic mass is 16.5. The Labute approximate surface area is 127 Å². The summed E-state index contributed by atoms with van der Waals surface area (Å²) in [4.78, 5) is 2.42.